The Morgan fingerprint density at radius 1 is 1.19 bits per heavy atom. The van der Waals surface area contributed by atoms with E-state index < -0.39 is 0 Å². The molecular formula is C19H21N3O3S. The smallest absolute Gasteiger partial charge is 0.250 e. The summed E-state index contributed by atoms with van der Waals surface area (Å²) in [5.41, 5.74) is 1.07. The summed E-state index contributed by atoms with van der Waals surface area (Å²) in [5, 5.41) is 3.18. The van der Waals surface area contributed by atoms with Crippen LogP contribution in [0.2, 0.25) is 0 Å². The van der Waals surface area contributed by atoms with Gasteiger partial charge >= 0.3 is 0 Å². The molecule has 1 aromatic carbocycles. The molecule has 0 atom stereocenters. The molecule has 1 fully saturated rings. The molecule has 0 bridgehead atoms. The monoisotopic (exact) mass is 371 g/mol. The summed E-state index contributed by atoms with van der Waals surface area (Å²) in [6.07, 6.45) is 4.58. The van der Waals surface area contributed by atoms with Gasteiger partial charge in [-0.05, 0) is 42.6 Å². The van der Waals surface area contributed by atoms with Gasteiger partial charge in [-0.15, -0.1) is 0 Å². The summed E-state index contributed by atoms with van der Waals surface area (Å²) in [6, 6.07) is 11.5. The molecular weight excluding hydrogens is 350 g/mol. The Hall–Kier alpha value is -2.80. The molecule has 1 saturated heterocycles. The van der Waals surface area contributed by atoms with Gasteiger partial charge in [-0.25, -0.2) is 0 Å². The maximum absolute atomic E-state index is 12.0. The van der Waals surface area contributed by atoms with E-state index in [-0.39, 0.29) is 5.91 Å². The number of nitrogens with one attached hydrogen (secondary N) is 1. The van der Waals surface area contributed by atoms with Crippen LogP contribution in [-0.2, 0) is 4.79 Å². The van der Waals surface area contributed by atoms with Gasteiger partial charge in [-0.2, -0.15) is 0 Å². The summed E-state index contributed by atoms with van der Waals surface area (Å²) in [4.78, 5) is 16.2. The number of piperazine rings is 1. The van der Waals surface area contributed by atoms with Crippen molar-refractivity contribution >= 4 is 35.0 Å². The van der Waals surface area contributed by atoms with Crippen LogP contribution < -0.4 is 15.0 Å². The van der Waals surface area contributed by atoms with E-state index in [1.165, 1.54) is 6.08 Å². The van der Waals surface area contributed by atoms with Gasteiger partial charge in [0.05, 0.1) is 19.1 Å². The van der Waals surface area contributed by atoms with E-state index >= 15 is 0 Å². The van der Waals surface area contributed by atoms with E-state index in [2.05, 4.69) is 10.2 Å². The Labute approximate surface area is 158 Å². The summed E-state index contributed by atoms with van der Waals surface area (Å²) in [5.74, 6) is 1.22. The average Bonchev–Trinajstić information content (AvgIpc) is 3.20. The predicted molar refractivity (Wildman–Crippen MR) is 105 cm³/mol. The highest BCUT2D eigenvalue weighted by Crippen LogP contribution is 2.28. The second-order valence-electron chi connectivity index (χ2n) is 5.79. The molecule has 2 heterocycles. The Morgan fingerprint density at radius 2 is 1.96 bits per heavy atom. The van der Waals surface area contributed by atoms with Gasteiger partial charge in [0.2, 0.25) is 5.91 Å². The van der Waals surface area contributed by atoms with Gasteiger partial charge in [0.15, 0.2) is 5.11 Å². The molecule has 6 nitrogen and oxygen atoms in total. The van der Waals surface area contributed by atoms with Gasteiger partial charge in [0, 0.05) is 32.3 Å². The van der Waals surface area contributed by atoms with Gasteiger partial charge in [-0.1, -0.05) is 12.1 Å². The first-order chi connectivity index (χ1) is 12.7. The van der Waals surface area contributed by atoms with Crippen LogP contribution in [0.3, 0.4) is 0 Å². The quantitative estimate of drug-likeness (QED) is 0.658. The highest BCUT2D eigenvalue weighted by Gasteiger charge is 2.21. The van der Waals surface area contributed by atoms with Crippen LogP contribution in [0.4, 0.5) is 5.69 Å². The first-order valence-electron chi connectivity index (χ1n) is 8.37. The molecule has 1 aromatic heterocycles. The molecule has 1 aliphatic heterocycles. The number of furan rings is 1. The Balaban J connectivity index is 1.51. The number of carbonyl (C=O) groups excluding carboxylic acids is 1. The highest BCUT2D eigenvalue weighted by molar-refractivity contribution is 7.80. The third kappa shape index (κ3) is 4.43. The summed E-state index contributed by atoms with van der Waals surface area (Å²) < 4.78 is 10.6. The van der Waals surface area contributed by atoms with Gasteiger partial charge in [0.25, 0.3) is 0 Å². The number of thiocarbonyl (C=S) groups is 1. The van der Waals surface area contributed by atoms with Crippen molar-refractivity contribution < 1.29 is 13.9 Å². The number of benzene rings is 1. The van der Waals surface area contributed by atoms with Gasteiger partial charge in [-0.3, -0.25) is 10.1 Å². The fourth-order valence-electron chi connectivity index (χ4n) is 2.81. The topological polar surface area (TPSA) is 58.0 Å². The first-order valence-corrected chi connectivity index (χ1v) is 8.77. The lowest BCUT2D eigenvalue weighted by Gasteiger charge is -2.37. The summed E-state index contributed by atoms with van der Waals surface area (Å²) in [7, 11) is 1.68. The van der Waals surface area contributed by atoms with E-state index in [1.807, 2.05) is 29.2 Å². The molecule has 26 heavy (non-hydrogen) atoms. The Morgan fingerprint density at radius 3 is 2.65 bits per heavy atom. The number of ether oxygens (including phenoxy) is 1. The number of amides is 1. The molecule has 1 amide bonds. The van der Waals surface area contributed by atoms with Gasteiger partial charge < -0.3 is 19.0 Å². The van der Waals surface area contributed by atoms with Crippen LogP contribution in [0.25, 0.3) is 6.08 Å². The molecule has 1 N–H and O–H groups in total. The zero-order valence-corrected chi connectivity index (χ0v) is 15.4. The molecule has 2 aromatic rings. The van der Waals surface area contributed by atoms with E-state index in [0.29, 0.717) is 10.9 Å². The molecule has 0 radical (unpaired) electrons. The number of anilines is 1. The van der Waals surface area contributed by atoms with Crippen molar-refractivity contribution in [1.29, 1.82) is 0 Å². The van der Waals surface area contributed by atoms with Crippen molar-refractivity contribution in [1.82, 2.24) is 10.2 Å². The number of para-hydroxylation sites is 2. The van der Waals surface area contributed by atoms with Crippen LogP contribution in [0, 0.1) is 0 Å². The summed E-state index contributed by atoms with van der Waals surface area (Å²) in [6.45, 7) is 3.08. The highest BCUT2D eigenvalue weighted by atomic mass is 32.1. The summed E-state index contributed by atoms with van der Waals surface area (Å²) >= 11 is 5.36. The van der Waals surface area contributed by atoms with Crippen molar-refractivity contribution in [2.75, 3.05) is 38.2 Å². The third-order valence-electron chi connectivity index (χ3n) is 4.17. The van der Waals surface area contributed by atoms with E-state index in [0.717, 1.165) is 37.6 Å². The van der Waals surface area contributed by atoms with E-state index in [1.54, 1.807) is 31.6 Å². The fourth-order valence-corrected chi connectivity index (χ4v) is 3.09. The van der Waals surface area contributed by atoms with Crippen molar-refractivity contribution in [2.45, 2.75) is 0 Å². The standard InChI is InChI=1S/C19H21N3O3S/c1-24-17-7-3-2-6-16(17)21-10-12-22(13-11-21)19(26)20-18(23)9-8-15-5-4-14-25-15/h2-9,14H,10-13H2,1H3,(H,20,23,26)/b9-8+. The number of hydrogen-bond acceptors (Lipinski definition) is 5. The van der Waals surface area contributed by atoms with Crippen LogP contribution in [0.1, 0.15) is 5.76 Å². The van der Waals surface area contributed by atoms with Crippen LogP contribution in [0.5, 0.6) is 5.75 Å². The number of methoxy groups -OCH3 is 1. The van der Waals surface area contributed by atoms with Crippen LogP contribution in [0.15, 0.2) is 53.2 Å². The van der Waals surface area contributed by atoms with E-state index in [4.69, 9.17) is 21.4 Å². The minimum absolute atomic E-state index is 0.265. The second kappa shape index (κ2) is 8.53. The normalized spacial score (nSPS) is 14.5. The van der Waals surface area contributed by atoms with Crippen molar-refractivity contribution in [2.24, 2.45) is 0 Å². The molecule has 0 aliphatic carbocycles. The molecule has 136 valence electrons. The van der Waals surface area contributed by atoms with Crippen molar-refractivity contribution in [3.05, 3.63) is 54.5 Å². The fraction of sp³-hybridized carbons (Fsp3) is 0.263. The number of rotatable bonds is 4. The maximum atomic E-state index is 12.0. The number of nitrogens with zero attached hydrogens (tertiary/aromatic N) is 2. The predicted octanol–water partition coefficient (Wildman–Crippen LogP) is 2.52. The minimum atomic E-state index is -0.265. The number of carbonyl (C=O) groups is 1. The maximum Gasteiger partial charge on any atom is 0.250 e. The molecule has 0 spiro atoms. The zero-order valence-electron chi connectivity index (χ0n) is 14.6. The third-order valence-corrected chi connectivity index (χ3v) is 4.53. The molecule has 1 aliphatic rings. The molecule has 7 heteroatoms. The van der Waals surface area contributed by atoms with Crippen LogP contribution >= 0.6 is 12.2 Å². The average molecular weight is 371 g/mol. The van der Waals surface area contributed by atoms with Crippen molar-refractivity contribution in [3.8, 4) is 5.75 Å². The molecule has 0 unspecified atom stereocenters. The number of hydrogen-bond donors (Lipinski definition) is 1. The molecule has 3 rings (SSSR count). The van der Waals surface area contributed by atoms with E-state index in [9.17, 15) is 4.79 Å². The molecule has 0 saturated carbocycles. The Bertz CT molecular complexity index is 781. The van der Waals surface area contributed by atoms with Crippen LogP contribution in [-0.4, -0.2) is 49.2 Å². The Kier molecular flexibility index (Phi) is 5.91. The van der Waals surface area contributed by atoms with Crippen molar-refractivity contribution in [3.63, 3.8) is 0 Å². The zero-order chi connectivity index (χ0) is 18.4. The minimum Gasteiger partial charge on any atom is -0.495 e. The largest absolute Gasteiger partial charge is 0.495 e. The first kappa shape index (κ1) is 18.0. The van der Waals surface area contributed by atoms with Gasteiger partial charge in [0.1, 0.15) is 11.5 Å². The SMILES string of the molecule is COc1ccccc1N1CCN(C(=S)NC(=O)/C=C/c2ccco2)CC1. The lowest BCUT2D eigenvalue weighted by Crippen LogP contribution is -2.52. The lowest BCUT2D eigenvalue weighted by molar-refractivity contribution is -0.115. The second-order valence-corrected chi connectivity index (χ2v) is 6.18. The lowest BCUT2D eigenvalue weighted by atomic mass is 10.2.